The molecule has 0 fully saturated rings. The van der Waals surface area contributed by atoms with Crippen LogP contribution in [0.4, 0.5) is 0 Å². The zero-order chi connectivity index (χ0) is 18.3. The number of hydrogen-bond donors (Lipinski definition) is 1. The molecule has 26 heavy (non-hydrogen) atoms. The number of aromatic nitrogens is 2. The van der Waals surface area contributed by atoms with Gasteiger partial charge in [0.05, 0.1) is 19.6 Å². The van der Waals surface area contributed by atoms with Crippen LogP contribution in [0.5, 0.6) is 16.7 Å². The van der Waals surface area contributed by atoms with Crippen LogP contribution in [0.25, 0.3) is 31.4 Å². The molecule has 0 atom stereocenters. The summed E-state index contributed by atoms with van der Waals surface area (Å²) in [4.78, 5) is 21.2. The van der Waals surface area contributed by atoms with Crippen molar-refractivity contribution >= 4 is 49.3 Å². The average molecular weight is 392 g/mol. The Hall–Kier alpha value is -2.85. The van der Waals surface area contributed by atoms with Gasteiger partial charge < -0.3 is 23.7 Å². The molecule has 1 N–H and O–H groups in total. The first-order valence-corrected chi connectivity index (χ1v) is 8.98. The Morgan fingerprint density at radius 2 is 1.96 bits per heavy atom. The topological polar surface area (TPSA) is 104 Å². The van der Waals surface area contributed by atoms with Crippen LogP contribution >= 0.6 is 22.7 Å². The molecule has 0 radical (unpaired) electrons. The zero-order valence-electron chi connectivity index (χ0n) is 13.6. The second-order valence-corrected chi connectivity index (χ2v) is 7.06. The van der Waals surface area contributed by atoms with Crippen molar-refractivity contribution in [3.63, 3.8) is 0 Å². The summed E-state index contributed by atoms with van der Waals surface area (Å²) in [6, 6.07) is 5.10. The molecule has 0 aliphatic rings. The fourth-order valence-corrected chi connectivity index (χ4v) is 4.19. The van der Waals surface area contributed by atoms with E-state index in [1.807, 2.05) is 0 Å². The van der Waals surface area contributed by atoms with Gasteiger partial charge in [-0.2, -0.15) is 4.98 Å². The van der Waals surface area contributed by atoms with E-state index in [-0.39, 0.29) is 0 Å². The van der Waals surface area contributed by atoms with Crippen LogP contribution in [0.3, 0.4) is 0 Å². The highest BCUT2D eigenvalue weighted by atomic mass is 32.1. The lowest BCUT2D eigenvalue weighted by molar-refractivity contribution is -0.139. The van der Waals surface area contributed by atoms with Crippen molar-refractivity contribution in [1.29, 1.82) is 0 Å². The van der Waals surface area contributed by atoms with Crippen molar-refractivity contribution in [2.75, 3.05) is 20.8 Å². The Morgan fingerprint density at radius 3 is 2.65 bits per heavy atom. The van der Waals surface area contributed by atoms with E-state index in [0.717, 1.165) is 9.66 Å². The summed E-state index contributed by atoms with van der Waals surface area (Å²) in [6.07, 6.45) is 0. The summed E-state index contributed by atoms with van der Waals surface area (Å²) in [7, 11) is 3.08. The number of benzene rings is 1. The quantitative estimate of drug-likeness (QED) is 0.530. The summed E-state index contributed by atoms with van der Waals surface area (Å²) >= 11 is 2.74. The van der Waals surface area contributed by atoms with Crippen LogP contribution in [0.2, 0.25) is 0 Å². The molecule has 1 aromatic carbocycles. The third-order valence-corrected chi connectivity index (χ3v) is 5.51. The maximum atomic E-state index is 10.8. The third-order valence-electron chi connectivity index (χ3n) is 3.50. The predicted molar refractivity (Wildman–Crippen MR) is 96.7 cm³/mol. The number of carbonyl (C=O) groups is 1. The molecule has 3 heterocycles. The fraction of sp³-hybridized carbons (Fsp3) is 0.188. The first kappa shape index (κ1) is 16.6. The van der Waals surface area contributed by atoms with Gasteiger partial charge in [-0.3, -0.25) is 0 Å². The van der Waals surface area contributed by atoms with E-state index in [2.05, 4.69) is 9.97 Å². The molecule has 134 valence electrons. The van der Waals surface area contributed by atoms with Crippen molar-refractivity contribution < 1.29 is 28.5 Å². The molecular weight excluding hydrogens is 380 g/mol. The van der Waals surface area contributed by atoms with Gasteiger partial charge >= 0.3 is 5.97 Å². The van der Waals surface area contributed by atoms with Crippen LogP contribution in [0, 0.1) is 0 Å². The Kier molecular flexibility index (Phi) is 4.13. The molecule has 0 saturated carbocycles. The lowest BCUT2D eigenvalue weighted by Gasteiger charge is -2.06. The predicted octanol–water partition coefficient (Wildman–Crippen LogP) is 3.65. The molecule has 0 bridgehead atoms. The van der Waals surface area contributed by atoms with Gasteiger partial charge in [0.1, 0.15) is 17.1 Å². The van der Waals surface area contributed by atoms with Crippen molar-refractivity contribution in [2.45, 2.75) is 0 Å². The van der Waals surface area contributed by atoms with E-state index >= 15 is 0 Å². The second kappa shape index (κ2) is 6.46. The van der Waals surface area contributed by atoms with Gasteiger partial charge in [0.15, 0.2) is 27.0 Å². The van der Waals surface area contributed by atoms with E-state index in [4.69, 9.17) is 23.7 Å². The first-order chi connectivity index (χ1) is 12.6. The highest BCUT2D eigenvalue weighted by molar-refractivity contribution is 7.28. The van der Waals surface area contributed by atoms with Gasteiger partial charge in [-0.15, -0.1) is 0 Å². The van der Waals surface area contributed by atoms with E-state index in [1.54, 1.807) is 25.3 Å². The second-order valence-electron chi connectivity index (χ2n) is 5.14. The molecule has 4 aromatic rings. The monoisotopic (exact) mass is 392 g/mol. The summed E-state index contributed by atoms with van der Waals surface area (Å²) in [6.45, 7) is -0.459. The molecule has 0 aliphatic heterocycles. The van der Waals surface area contributed by atoms with Gasteiger partial charge in [-0.1, -0.05) is 22.7 Å². The zero-order valence-corrected chi connectivity index (χ0v) is 15.3. The number of carboxylic acids is 1. The average Bonchev–Trinajstić information content (AvgIpc) is 3.30. The minimum atomic E-state index is -1.06. The maximum absolute atomic E-state index is 10.8. The van der Waals surface area contributed by atoms with E-state index in [0.29, 0.717) is 38.4 Å². The molecule has 8 nitrogen and oxygen atoms in total. The van der Waals surface area contributed by atoms with Crippen LogP contribution in [-0.4, -0.2) is 41.9 Å². The molecule has 3 aromatic heterocycles. The number of rotatable bonds is 6. The van der Waals surface area contributed by atoms with E-state index in [1.165, 1.54) is 29.8 Å². The number of methoxy groups -OCH3 is 2. The number of nitrogens with zero attached hydrogens (tertiary/aromatic N) is 2. The number of fused-ring (bicyclic) bond motifs is 2. The summed E-state index contributed by atoms with van der Waals surface area (Å²) < 4.78 is 21.6. The molecule has 0 aliphatic carbocycles. The highest BCUT2D eigenvalue weighted by Gasteiger charge is 2.18. The SMILES string of the molecule is COc1cc(OCC(=O)O)c2cc(-c3nc4sc(OC)nc4s3)oc2c1. The molecular formula is C16H12N2O6S2. The molecule has 4 rings (SSSR count). The Bertz CT molecular complexity index is 1080. The van der Waals surface area contributed by atoms with E-state index < -0.39 is 12.6 Å². The Labute approximate surface area is 154 Å². The van der Waals surface area contributed by atoms with Crippen molar-refractivity contribution in [3.8, 4) is 27.5 Å². The van der Waals surface area contributed by atoms with Crippen molar-refractivity contribution in [1.82, 2.24) is 9.97 Å². The van der Waals surface area contributed by atoms with Crippen LogP contribution < -0.4 is 14.2 Å². The third kappa shape index (κ3) is 2.93. The number of thiazole rings is 2. The summed E-state index contributed by atoms with van der Waals surface area (Å²) in [5, 5.41) is 10.7. The van der Waals surface area contributed by atoms with Crippen molar-refractivity contribution in [3.05, 3.63) is 18.2 Å². The van der Waals surface area contributed by atoms with Gasteiger partial charge in [0.2, 0.25) is 0 Å². The van der Waals surface area contributed by atoms with E-state index in [9.17, 15) is 4.79 Å². The number of furan rings is 1. The Balaban J connectivity index is 1.78. The van der Waals surface area contributed by atoms with Crippen molar-refractivity contribution in [2.24, 2.45) is 0 Å². The van der Waals surface area contributed by atoms with Gasteiger partial charge in [0.25, 0.3) is 5.19 Å². The largest absolute Gasteiger partial charge is 0.496 e. The lowest BCUT2D eigenvalue weighted by Crippen LogP contribution is -2.09. The fourth-order valence-electron chi connectivity index (χ4n) is 2.38. The molecule has 0 spiro atoms. The van der Waals surface area contributed by atoms with Gasteiger partial charge in [-0.05, 0) is 6.07 Å². The van der Waals surface area contributed by atoms with Crippen LogP contribution in [-0.2, 0) is 4.79 Å². The lowest BCUT2D eigenvalue weighted by atomic mass is 10.2. The first-order valence-electron chi connectivity index (χ1n) is 7.35. The number of ether oxygens (including phenoxy) is 3. The van der Waals surface area contributed by atoms with Crippen LogP contribution in [0.15, 0.2) is 22.6 Å². The molecule has 10 heteroatoms. The standard InChI is InChI=1S/C16H12N2O6S2/c1-21-7-3-9(23-6-12(19)20)8-5-11(24-10(8)4-7)13-17-14-15(25-13)18-16(22-2)26-14/h3-5H,6H2,1-2H3,(H,19,20). The van der Waals surface area contributed by atoms with Gasteiger partial charge in [0, 0.05) is 12.1 Å². The molecule has 0 amide bonds. The number of carboxylic acid groups (broad SMARTS) is 1. The highest BCUT2D eigenvalue weighted by Crippen LogP contribution is 2.40. The maximum Gasteiger partial charge on any atom is 0.341 e. The molecule has 0 saturated heterocycles. The summed E-state index contributed by atoms with van der Waals surface area (Å²) in [5.74, 6) is 0.354. The normalized spacial score (nSPS) is 11.2. The number of aliphatic carboxylic acids is 1. The Morgan fingerprint density at radius 1 is 1.15 bits per heavy atom. The minimum Gasteiger partial charge on any atom is -0.496 e. The minimum absolute atomic E-state index is 0.370. The molecule has 0 unspecified atom stereocenters. The van der Waals surface area contributed by atoms with Crippen LogP contribution in [0.1, 0.15) is 0 Å². The summed E-state index contributed by atoms with van der Waals surface area (Å²) in [5.41, 5.74) is 0.517. The number of hydrogen-bond acceptors (Lipinski definition) is 9. The van der Waals surface area contributed by atoms with Gasteiger partial charge in [-0.25, -0.2) is 9.78 Å². The smallest absolute Gasteiger partial charge is 0.341 e.